The molecule has 0 atom stereocenters. The highest BCUT2D eigenvalue weighted by atomic mass is 15.2. The van der Waals surface area contributed by atoms with Crippen LogP contribution in [0, 0.1) is 0 Å². The lowest BCUT2D eigenvalue weighted by atomic mass is 9.91. The van der Waals surface area contributed by atoms with Gasteiger partial charge in [0.15, 0.2) is 0 Å². The minimum absolute atomic E-state index is 0.165. The minimum atomic E-state index is -0.165. The van der Waals surface area contributed by atoms with Gasteiger partial charge in [0.05, 0.1) is 6.20 Å². The molecule has 0 N–H and O–H groups in total. The fourth-order valence-corrected chi connectivity index (χ4v) is 1.49. The van der Waals surface area contributed by atoms with E-state index in [0.717, 1.165) is 0 Å². The minimum Gasteiger partial charge on any atom is -0.178 e. The summed E-state index contributed by atoms with van der Waals surface area (Å²) in [4.78, 5) is 0. The van der Waals surface area contributed by atoms with Crippen LogP contribution in [0.2, 0.25) is 0 Å². The van der Waals surface area contributed by atoms with Crippen LogP contribution in [-0.2, 0) is 0 Å². The van der Waals surface area contributed by atoms with E-state index >= 15 is 0 Å². The lowest BCUT2D eigenvalue weighted by Crippen LogP contribution is -2.15. The predicted molar refractivity (Wildman–Crippen MR) is 53.4 cm³/mol. The van der Waals surface area contributed by atoms with Crippen molar-refractivity contribution in [1.82, 2.24) is 0 Å². The quantitative estimate of drug-likeness (QED) is 0.621. The summed E-state index contributed by atoms with van der Waals surface area (Å²) in [5.41, 5.74) is 2.23. The largest absolute Gasteiger partial charge is 0.178 e. The molecule has 0 unspecified atom stereocenters. The number of rotatable bonds is 1. The van der Waals surface area contributed by atoms with Crippen molar-refractivity contribution in [3.8, 4) is 0 Å². The summed E-state index contributed by atoms with van der Waals surface area (Å²) >= 11 is 0. The molecule has 0 aromatic heterocycles. The molecule has 1 aliphatic rings. The monoisotopic (exact) mass is 172 g/mol. The summed E-state index contributed by atoms with van der Waals surface area (Å²) in [5, 5.41) is 8.12. The standard InChI is InChI=1S/C11H12N2/c1-11(2)10(8-12-13-11)9-6-4-3-5-7-9/h3-8H,1-2H3. The summed E-state index contributed by atoms with van der Waals surface area (Å²) in [6.45, 7) is 4.14. The second kappa shape index (κ2) is 2.80. The Balaban J connectivity index is 2.40. The Hall–Kier alpha value is -1.44. The summed E-state index contributed by atoms with van der Waals surface area (Å²) in [6, 6.07) is 10.3. The van der Waals surface area contributed by atoms with Crippen LogP contribution in [0.4, 0.5) is 0 Å². The molecule has 1 aromatic carbocycles. The van der Waals surface area contributed by atoms with Crippen LogP contribution in [0.15, 0.2) is 46.8 Å². The molecule has 0 saturated heterocycles. The predicted octanol–water partition coefficient (Wildman–Crippen LogP) is 3.27. The Morgan fingerprint density at radius 1 is 1.08 bits per heavy atom. The Kier molecular flexibility index (Phi) is 1.76. The highest BCUT2D eigenvalue weighted by Crippen LogP contribution is 2.34. The van der Waals surface area contributed by atoms with Gasteiger partial charge in [-0.25, -0.2) is 0 Å². The fourth-order valence-electron chi connectivity index (χ4n) is 1.49. The van der Waals surface area contributed by atoms with Crippen molar-refractivity contribution in [1.29, 1.82) is 0 Å². The molecule has 66 valence electrons. The van der Waals surface area contributed by atoms with Crippen LogP contribution >= 0.6 is 0 Å². The summed E-state index contributed by atoms with van der Waals surface area (Å²) < 4.78 is 0. The molecule has 2 heteroatoms. The maximum Gasteiger partial charge on any atom is 0.103 e. The third-order valence-electron chi connectivity index (χ3n) is 2.24. The van der Waals surface area contributed by atoms with E-state index in [9.17, 15) is 0 Å². The third kappa shape index (κ3) is 1.39. The van der Waals surface area contributed by atoms with Gasteiger partial charge in [0, 0.05) is 5.57 Å². The van der Waals surface area contributed by atoms with Gasteiger partial charge >= 0.3 is 0 Å². The van der Waals surface area contributed by atoms with Gasteiger partial charge < -0.3 is 0 Å². The average Bonchev–Trinajstić information content (AvgIpc) is 2.47. The highest BCUT2D eigenvalue weighted by molar-refractivity contribution is 5.73. The van der Waals surface area contributed by atoms with Gasteiger partial charge in [-0.05, 0) is 19.4 Å². The Labute approximate surface area is 78.0 Å². The Bertz CT molecular complexity index is 361. The molecule has 0 saturated carbocycles. The molecule has 0 fully saturated rings. The Morgan fingerprint density at radius 3 is 2.31 bits per heavy atom. The van der Waals surface area contributed by atoms with Crippen molar-refractivity contribution in [3.05, 3.63) is 42.1 Å². The third-order valence-corrected chi connectivity index (χ3v) is 2.24. The molecular formula is C11H12N2. The van der Waals surface area contributed by atoms with Gasteiger partial charge in [-0.2, -0.15) is 10.2 Å². The van der Waals surface area contributed by atoms with Gasteiger partial charge in [-0.1, -0.05) is 30.3 Å². The van der Waals surface area contributed by atoms with E-state index in [1.807, 2.05) is 24.4 Å². The van der Waals surface area contributed by atoms with Crippen molar-refractivity contribution in [2.24, 2.45) is 10.2 Å². The van der Waals surface area contributed by atoms with E-state index in [4.69, 9.17) is 0 Å². The molecule has 2 nitrogen and oxygen atoms in total. The van der Waals surface area contributed by atoms with E-state index in [-0.39, 0.29) is 5.54 Å². The zero-order chi connectivity index (χ0) is 9.31. The molecule has 0 bridgehead atoms. The van der Waals surface area contributed by atoms with Crippen LogP contribution in [0.25, 0.3) is 5.57 Å². The van der Waals surface area contributed by atoms with E-state index < -0.39 is 0 Å². The number of hydrogen-bond acceptors (Lipinski definition) is 2. The second-order valence-corrected chi connectivity index (χ2v) is 3.68. The summed E-state index contributed by atoms with van der Waals surface area (Å²) in [6.07, 6.45) is 1.84. The van der Waals surface area contributed by atoms with E-state index in [1.165, 1.54) is 11.1 Å². The normalized spacial score (nSPS) is 18.8. The van der Waals surface area contributed by atoms with Gasteiger partial charge in [0.25, 0.3) is 0 Å². The molecule has 2 rings (SSSR count). The first kappa shape index (κ1) is 8.17. The van der Waals surface area contributed by atoms with Crippen LogP contribution in [0.1, 0.15) is 19.4 Å². The van der Waals surface area contributed by atoms with Crippen LogP contribution in [-0.4, -0.2) is 5.54 Å². The van der Waals surface area contributed by atoms with E-state index in [2.05, 4.69) is 36.2 Å². The molecule has 13 heavy (non-hydrogen) atoms. The molecule has 1 heterocycles. The van der Waals surface area contributed by atoms with Crippen LogP contribution < -0.4 is 0 Å². The van der Waals surface area contributed by atoms with Crippen molar-refractivity contribution in [2.75, 3.05) is 0 Å². The first-order chi connectivity index (χ1) is 6.20. The van der Waals surface area contributed by atoms with Crippen molar-refractivity contribution >= 4 is 5.57 Å². The molecular weight excluding hydrogens is 160 g/mol. The van der Waals surface area contributed by atoms with Crippen LogP contribution in [0.3, 0.4) is 0 Å². The SMILES string of the molecule is CC1(C)N=NC=C1c1ccccc1. The number of benzene rings is 1. The number of hydrogen-bond donors (Lipinski definition) is 0. The molecule has 0 radical (unpaired) electrons. The summed E-state index contributed by atoms with van der Waals surface area (Å²) in [7, 11) is 0. The fraction of sp³-hybridized carbons (Fsp3) is 0.273. The Morgan fingerprint density at radius 2 is 1.77 bits per heavy atom. The highest BCUT2D eigenvalue weighted by Gasteiger charge is 2.27. The maximum absolute atomic E-state index is 4.16. The summed E-state index contributed by atoms with van der Waals surface area (Å²) in [5.74, 6) is 0. The zero-order valence-electron chi connectivity index (χ0n) is 7.86. The maximum atomic E-state index is 4.16. The molecule has 0 amide bonds. The van der Waals surface area contributed by atoms with Gasteiger partial charge in [0.1, 0.15) is 5.54 Å². The number of nitrogens with zero attached hydrogens (tertiary/aromatic N) is 2. The van der Waals surface area contributed by atoms with Crippen molar-refractivity contribution < 1.29 is 0 Å². The first-order valence-corrected chi connectivity index (χ1v) is 4.38. The molecule has 1 aromatic rings. The second-order valence-electron chi connectivity index (χ2n) is 3.68. The molecule has 0 aliphatic carbocycles. The molecule has 0 spiro atoms. The van der Waals surface area contributed by atoms with Crippen LogP contribution in [0.5, 0.6) is 0 Å². The van der Waals surface area contributed by atoms with Gasteiger partial charge in [-0.3, -0.25) is 0 Å². The molecule has 1 aliphatic heterocycles. The topological polar surface area (TPSA) is 24.7 Å². The number of azo groups is 1. The lowest BCUT2D eigenvalue weighted by molar-refractivity contribution is 0.661. The smallest absolute Gasteiger partial charge is 0.103 e. The van der Waals surface area contributed by atoms with Crippen molar-refractivity contribution in [2.45, 2.75) is 19.4 Å². The zero-order valence-corrected chi connectivity index (χ0v) is 7.86. The van der Waals surface area contributed by atoms with Gasteiger partial charge in [-0.15, -0.1) is 0 Å². The van der Waals surface area contributed by atoms with Crippen molar-refractivity contribution in [3.63, 3.8) is 0 Å². The first-order valence-electron chi connectivity index (χ1n) is 4.38. The van der Waals surface area contributed by atoms with E-state index in [0.29, 0.717) is 0 Å². The van der Waals surface area contributed by atoms with Gasteiger partial charge in [0.2, 0.25) is 0 Å². The lowest BCUT2D eigenvalue weighted by Gasteiger charge is -2.17. The average molecular weight is 172 g/mol. The van der Waals surface area contributed by atoms with E-state index in [1.54, 1.807) is 0 Å².